The Morgan fingerprint density at radius 2 is 2.13 bits per heavy atom. The number of rotatable bonds is 1. The van der Waals surface area contributed by atoms with Crippen molar-refractivity contribution in [3.63, 3.8) is 0 Å². The smallest absolute Gasteiger partial charge is 0.321 e. The van der Waals surface area contributed by atoms with E-state index in [0.717, 1.165) is 19.3 Å². The molecule has 84 valence electrons. The summed E-state index contributed by atoms with van der Waals surface area (Å²) < 4.78 is 0. The zero-order chi connectivity index (χ0) is 11.1. The fourth-order valence-electron chi connectivity index (χ4n) is 2.59. The van der Waals surface area contributed by atoms with Crippen molar-refractivity contribution < 1.29 is 9.59 Å². The maximum atomic E-state index is 11.6. The Labute approximate surface area is 90.0 Å². The summed E-state index contributed by atoms with van der Waals surface area (Å²) in [6.07, 6.45) is 3.72. The average molecular weight is 210 g/mol. The number of carbonyl (C=O) groups excluding carboxylic acids is 2. The minimum absolute atomic E-state index is 0.145. The number of hydrogen-bond acceptors (Lipinski definition) is 2. The fraction of sp³-hybridized carbons (Fsp3) is 0.818. The first kappa shape index (κ1) is 10.5. The van der Waals surface area contributed by atoms with Crippen LogP contribution in [0.15, 0.2) is 0 Å². The van der Waals surface area contributed by atoms with Gasteiger partial charge in [-0.2, -0.15) is 0 Å². The molecule has 1 saturated heterocycles. The molecule has 0 spiro atoms. The molecule has 1 aliphatic carbocycles. The van der Waals surface area contributed by atoms with Crippen molar-refractivity contribution in [1.82, 2.24) is 10.2 Å². The average Bonchev–Trinajstić information content (AvgIpc) is 2.46. The monoisotopic (exact) mass is 210 g/mol. The van der Waals surface area contributed by atoms with Crippen LogP contribution in [0.2, 0.25) is 0 Å². The van der Waals surface area contributed by atoms with E-state index >= 15 is 0 Å². The molecule has 2 fully saturated rings. The molecule has 1 N–H and O–H groups in total. The van der Waals surface area contributed by atoms with Gasteiger partial charge in [-0.25, -0.2) is 4.79 Å². The van der Waals surface area contributed by atoms with E-state index in [4.69, 9.17) is 0 Å². The van der Waals surface area contributed by atoms with Gasteiger partial charge in [0.1, 0.15) is 0 Å². The predicted octanol–water partition coefficient (Wildman–Crippen LogP) is 1.51. The maximum absolute atomic E-state index is 11.6. The third-order valence-corrected chi connectivity index (χ3v) is 3.47. The third kappa shape index (κ3) is 2.13. The molecule has 1 atom stereocenters. The van der Waals surface area contributed by atoms with E-state index in [-0.39, 0.29) is 11.9 Å². The van der Waals surface area contributed by atoms with E-state index in [9.17, 15) is 9.59 Å². The highest BCUT2D eigenvalue weighted by molar-refractivity contribution is 5.96. The second kappa shape index (κ2) is 3.51. The van der Waals surface area contributed by atoms with E-state index in [0.29, 0.717) is 24.4 Å². The van der Waals surface area contributed by atoms with Crippen LogP contribution in [0, 0.1) is 5.41 Å². The van der Waals surface area contributed by atoms with Gasteiger partial charge in [0.05, 0.1) is 0 Å². The summed E-state index contributed by atoms with van der Waals surface area (Å²) in [6, 6.07) is 0.127. The van der Waals surface area contributed by atoms with Crippen LogP contribution in [0.1, 0.15) is 39.5 Å². The summed E-state index contributed by atoms with van der Waals surface area (Å²) in [6.45, 7) is 5.06. The molecule has 0 bridgehead atoms. The van der Waals surface area contributed by atoms with E-state index in [1.165, 1.54) is 0 Å². The van der Waals surface area contributed by atoms with Crippen molar-refractivity contribution in [3.05, 3.63) is 0 Å². The highest BCUT2D eigenvalue weighted by Gasteiger charge is 2.37. The molecular weight excluding hydrogens is 192 g/mol. The summed E-state index contributed by atoms with van der Waals surface area (Å²) in [4.78, 5) is 24.4. The van der Waals surface area contributed by atoms with E-state index in [1.807, 2.05) is 4.90 Å². The van der Waals surface area contributed by atoms with Gasteiger partial charge in [0.25, 0.3) is 0 Å². The number of carbonyl (C=O) groups is 2. The molecule has 1 aliphatic heterocycles. The molecule has 3 amide bonds. The summed E-state index contributed by atoms with van der Waals surface area (Å²) in [5.74, 6) is -0.145. The van der Waals surface area contributed by atoms with Crippen LogP contribution in [-0.4, -0.2) is 29.4 Å². The quantitative estimate of drug-likeness (QED) is 0.713. The Kier molecular flexibility index (Phi) is 2.44. The minimum atomic E-state index is -0.200. The summed E-state index contributed by atoms with van der Waals surface area (Å²) in [5, 5.41) is 2.38. The Hall–Kier alpha value is -1.06. The second-order valence-electron chi connectivity index (χ2n) is 5.36. The van der Waals surface area contributed by atoms with Crippen molar-refractivity contribution in [3.8, 4) is 0 Å². The largest absolute Gasteiger partial charge is 0.324 e. The lowest BCUT2D eigenvalue weighted by Gasteiger charge is -2.32. The van der Waals surface area contributed by atoms with Gasteiger partial charge in [-0.3, -0.25) is 10.1 Å². The van der Waals surface area contributed by atoms with Gasteiger partial charge in [-0.15, -0.1) is 0 Å². The van der Waals surface area contributed by atoms with Crippen molar-refractivity contribution >= 4 is 11.9 Å². The van der Waals surface area contributed by atoms with Gasteiger partial charge in [-0.1, -0.05) is 13.8 Å². The molecule has 0 aromatic carbocycles. The number of imide groups is 1. The zero-order valence-corrected chi connectivity index (χ0v) is 9.38. The van der Waals surface area contributed by atoms with E-state index in [1.54, 1.807) is 0 Å². The first-order chi connectivity index (χ1) is 6.98. The van der Waals surface area contributed by atoms with Crippen LogP contribution in [-0.2, 0) is 4.79 Å². The van der Waals surface area contributed by atoms with Crippen LogP contribution in [0.25, 0.3) is 0 Å². The lowest BCUT2D eigenvalue weighted by atomic mass is 9.91. The molecule has 1 saturated carbocycles. The normalized spacial score (nSPS) is 30.5. The molecule has 4 nitrogen and oxygen atoms in total. The molecule has 4 heteroatoms. The zero-order valence-electron chi connectivity index (χ0n) is 9.38. The lowest BCUT2D eigenvalue weighted by molar-refractivity contribution is -0.121. The van der Waals surface area contributed by atoms with E-state index < -0.39 is 0 Å². The Morgan fingerprint density at radius 3 is 2.67 bits per heavy atom. The van der Waals surface area contributed by atoms with Crippen molar-refractivity contribution in [1.29, 1.82) is 0 Å². The van der Waals surface area contributed by atoms with Gasteiger partial charge in [-0.05, 0) is 24.7 Å². The van der Waals surface area contributed by atoms with Crippen LogP contribution in [0.5, 0.6) is 0 Å². The molecule has 2 aliphatic rings. The van der Waals surface area contributed by atoms with Gasteiger partial charge in [0.2, 0.25) is 5.91 Å². The summed E-state index contributed by atoms with van der Waals surface area (Å²) >= 11 is 0. The van der Waals surface area contributed by atoms with Gasteiger partial charge in [0.15, 0.2) is 0 Å². The Balaban J connectivity index is 2.00. The van der Waals surface area contributed by atoms with Gasteiger partial charge in [0, 0.05) is 19.0 Å². The van der Waals surface area contributed by atoms with Crippen LogP contribution in [0.4, 0.5) is 4.79 Å². The highest BCUT2D eigenvalue weighted by atomic mass is 16.2. The van der Waals surface area contributed by atoms with Crippen molar-refractivity contribution in [2.24, 2.45) is 5.41 Å². The standard InChI is InChI=1S/C11H18N2O2/c1-11(2)5-3-8(7-11)13-6-4-9(14)12-10(13)15/h8H,3-7H2,1-2H3,(H,12,14,15). The van der Waals surface area contributed by atoms with E-state index in [2.05, 4.69) is 19.2 Å². The fourth-order valence-corrected chi connectivity index (χ4v) is 2.59. The lowest BCUT2D eigenvalue weighted by Crippen LogP contribution is -2.53. The number of amides is 3. The molecular formula is C11H18N2O2. The number of nitrogens with one attached hydrogen (secondary N) is 1. The predicted molar refractivity (Wildman–Crippen MR) is 56.3 cm³/mol. The second-order valence-corrected chi connectivity index (χ2v) is 5.36. The SMILES string of the molecule is CC1(C)CCC(N2CCC(=O)NC2=O)C1. The topological polar surface area (TPSA) is 49.4 Å². The van der Waals surface area contributed by atoms with Crippen LogP contribution >= 0.6 is 0 Å². The molecule has 2 rings (SSSR count). The first-order valence-electron chi connectivity index (χ1n) is 5.58. The highest BCUT2D eigenvalue weighted by Crippen LogP contribution is 2.39. The molecule has 15 heavy (non-hydrogen) atoms. The molecule has 1 heterocycles. The van der Waals surface area contributed by atoms with Crippen LogP contribution in [0.3, 0.4) is 0 Å². The molecule has 0 aromatic heterocycles. The summed E-state index contributed by atoms with van der Waals surface area (Å²) in [7, 11) is 0. The minimum Gasteiger partial charge on any atom is -0.321 e. The van der Waals surface area contributed by atoms with Crippen LogP contribution < -0.4 is 5.32 Å². The maximum Gasteiger partial charge on any atom is 0.324 e. The molecule has 0 radical (unpaired) electrons. The van der Waals surface area contributed by atoms with Gasteiger partial charge >= 0.3 is 6.03 Å². The van der Waals surface area contributed by atoms with Crippen molar-refractivity contribution in [2.75, 3.05) is 6.54 Å². The first-order valence-corrected chi connectivity index (χ1v) is 5.58. The Morgan fingerprint density at radius 1 is 1.40 bits per heavy atom. The third-order valence-electron chi connectivity index (χ3n) is 3.47. The molecule has 1 unspecified atom stereocenters. The number of urea groups is 1. The number of nitrogens with zero attached hydrogens (tertiary/aromatic N) is 1. The van der Waals surface area contributed by atoms with Gasteiger partial charge < -0.3 is 4.90 Å². The molecule has 0 aromatic rings. The van der Waals surface area contributed by atoms with Crippen molar-refractivity contribution in [2.45, 2.75) is 45.6 Å². The number of hydrogen-bond donors (Lipinski definition) is 1. The summed E-state index contributed by atoms with van der Waals surface area (Å²) in [5.41, 5.74) is 0.340. The Bertz CT molecular complexity index is 299.